The van der Waals surface area contributed by atoms with Crippen LogP contribution in [0.2, 0.25) is 0 Å². The summed E-state index contributed by atoms with van der Waals surface area (Å²) in [7, 11) is 0. The molecule has 0 saturated carbocycles. The molecule has 0 heteroatoms. The second-order valence-electron chi connectivity index (χ2n) is 18.6. The van der Waals surface area contributed by atoms with E-state index in [0.717, 1.165) is 0 Å². The molecule has 0 radical (unpaired) electrons. The smallest absolute Gasteiger partial charge is 0.0619 e. The first-order valence-electron chi connectivity index (χ1n) is 23.5. The number of rotatable bonds is 3. The van der Waals surface area contributed by atoms with E-state index in [-0.39, 0.29) is 0 Å². The molecule has 0 saturated heterocycles. The Morgan fingerprint density at radius 1 is 0.194 bits per heavy atom. The fourth-order valence-electron chi connectivity index (χ4n) is 12.8. The van der Waals surface area contributed by atoms with Gasteiger partial charge in [-0.1, -0.05) is 231 Å². The van der Waals surface area contributed by atoms with Crippen LogP contribution in [0.1, 0.15) is 22.3 Å². The molecule has 13 aromatic rings. The Morgan fingerprint density at radius 2 is 0.627 bits per heavy atom. The molecule has 67 heavy (non-hydrogen) atoms. The zero-order valence-corrected chi connectivity index (χ0v) is 36.6. The minimum atomic E-state index is -0.462. The maximum atomic E-state index is 2.56. The standard InChI is InChI=1S/C67H40/c1-4-20-46-41(17-1)37-38-61-65(46)66-52-26-8-7-23-49(52)57(40-62(66)67(61)59-31-15-13-24-50(59)51-25-14-16-32-60(51)67)42-33-35-43(36-34-42)63-53-27-9-11-29-55(53)64(56-30-12-10-28-54(56)63)58-39-44-18-2-3-19-45(44)47-21-5-6-22-48(47)58/h1-40H. The maximum absolute atomic E-state index is 2.56. The van der Waals surface area contributed by atoms with Crippen LogP contribution in [0.4, 0.5) is 0 Å². The first kappa shape index (κ1) is 36.7. The fourth-order valence-corrected chi connectivity index (χ4v) is 12.8. The van der Waals surface area contributed by atoms with Gasteiger partial charge in [0.1, 0.15) is 0 Å². The summed E-state index contributed by atoms with van der Waals surface area (Å²) in [5, 5.41) is 15.3. The van der Waals surface area contributed by atoms with E-state index in [1.165, 1.54) is 143 Å². The number of hydrogen-bond donors (Lipinski definition) is 0. The van der Waals surface area contributed by atoms with Crippen molar-refractivity contribution in [2.75, 3.05) is 0 Å². The van der Waals surface area contributed by atoms with Crippen LogP contribution in [-0.2, 0) is 5.41 Å². The minimum absolute atomic E-state index is 0.462. The zero-order valence-electron chi connectivity index (χ0n) is 36.6. The van der Waals surface area contributed by atoms with Gasteiger partial charge in [0.2, 0.25) is 0 Å². The maximum Gasteiger partial charge on any atom is 0.0726 e. The molecule has 1 spiro atoms. The van der Waals surface area contributed by atoms with Crippen molar-refractivity contribution in [1.82, 2.24) is 0 Å². The number of hydrogen-bond acceptors (Lipinski definition) is 0. The monoisotopic (exact) mass is 844 g/mol. The van der Waals surface area contributed by atoms with E-state index in [4.69, 9.17) is 0 Å². The molecular formula is C67H40. The Bertz CT molecular complexity index is 4160. The predicted octanol–water partition coefficient (Wildman–Crippen LogP) is 18.0. The topological polar surface area (TPSA) is 0 Å². The molecular weight excluding hydrogens is 805 g/mol. The molecule has 0 fully saturated rings. The second kappa shape index (κ2) is 13.7. The zero-order chi connectivity index (χ0) is 43.8. The molecule has 0 aliphatic heterocycles. The average Bonchev–Trinajstić information content (AvgIpc) is 3.87. The van der Waals surface area contributed by atoms with Crippen molar-refractivity contribution < 1.29 is 0 Å². The van der Waals surface area contributed by atoms with Gasteiger partial charge < -0.3 is 0 Å². The van der Waals surface area contributed by atoms with Crippen LogP contribution in [0, 0.1) is 0 Å². The minimum Gasteiger partial charge on any atom is -0.0619 e. The summed E-state index contributed by atoms with van der Waals surface area (Å²) < 4.78 is 0. The largest absolute Gasteiger partial charge is 0.0726 e. The third-order valence-electron chi connectivity index (χ3n) is 15.4. The van der Waals surface area contributed by atoms with Gasteiger partial charge in [-0.25, -0.2) is 0 Å². The molecule has 2 aliphatic carbocycles. The lowest BCUT2D eigenvalue weighted by Gasteiger charge is -2.31. The Kier molecular flexibility index (Phi) is 7.52. The summed E-state index contributed by atoms with van der Waals surface area (Å²) in [6.07, 6.45) is 0. The van der Waals surface area contributed by atoms with Gasteiger partial charge in [-0.2, -0.15) is 0 Å². The van der Waals surface area contributed by atoms with E-state index in [0.29, 0.717) is 0 Å². The van der Waals surface area contributed by atoms with Gasteiger partial charge >= 0.3 is 0 Å². The highest BCUT2D eigenvalue weighted by Crippen LogP contribution is 2.65. The van der Waals surface area contributed by atoms with Gasteiger partial charge in [-0.15, -0.1) is 0 Å². The van der Waals surface area contributed by atoms with Crippen molar-refractivity contribution in [3.8, 4) is 55.6 Å². The van der Waals surface area contributed by atoms with Gasteiger partial charge in [-0.05, 0) is 155 Å². The van der Waals surface area contributed by atoms with E-state index >= 15 is 0 Å². The van der Waals surface area contributed by atoms with Crippen LogP contribution in [0.15, 0.2) is 243 Å². The Morgan fingerprint density at radius 3 is 1.25 bits per heavy atom. The van der Waals surface area contributed by atoms with Crippen LogP contribution in [0.5, 0.6) is 0 Å². The van der Waals surface area contributed by atoms with Crippen molar-refractivity contribution in [2.24, 2.45) is 0 Å². The highest BCUT2D eigenvalue weighted by atomic mass is 14.5. The highest BCUT2D eigenvalue weighted by molar-refractivity contribution is 6.26. The molecule has 308 valence electrons. The molecule has 0 unspecified atom stereocenters. The van der Waals surface area contributed by atoms with Crippen molar-refractivity contribution >= 4 is 64.6 Å². The first-order chi connectivity index (χ1) is 33.3. The molecule has 0 N–H and O–H groups in total. The molecule has 0 amide bonds. The highest BCUT2D eigenvalue weighted by Gasteiger charge is 2.52. The van der Waals surface area contributed by atoms with Gasteiger partial charge in [0.05, 0.1) is 5.41 Å². The molecule has 13 aromatic carbocycles. The molecule has 2 aliphatic rings. The Balaban J connectivity index is 0.972. The first-order valence-corrected chi connectivity index (χ1v) is 23.5. The number of fused-ring (bicyclic) bond motifs is 19. The van der Waals surface area contributed by atoms with E-state index in [9.17, 15) is 0 Å². The van der Waals surface area contributed by atoms with Gasteiger partial charge in [0, 0.05) is 0 Å². The van der Waals surface area contributed by atoms with Crippen LogP contribution < -0.4 is 0 Å². The lowest BCUT2D eigenvalue weighted by molar-refractivity contribution is 0.795. The van der Waals surface area contributed by atoms with Gasteiger partial charge in [0.25, 0.3) is 0 Å². The normalized spacial score (nSPS) is 13.2. The van der Waals surface area contributed by atoms with Crippen LogP contribution in [-0.4, -0.2) is 0 Å². The van der Waals surface area contributed by atoms with E-state index in [2.05, 4.69) is 243 Å². The third-order valence-corrected chi connectivity index (χ3v) is 15.4. The van der Waals surface area contributed by atoms with E-state index in [1.807, 2.05) is 0 Å². The lowest BCUT2D eigenvalue weighted by atomic mass is 9.70. The molecule has 0 heterocycles. The Hall–Kier alpha value is -8.58. The van der Waals surface area contributed by atoms with Crippen LogP contribution in [0.25, 0.3) is 120 Å². The van der Waals surface area contributed by atoms with Gasteiger partial charge in [-0.3, -0.25) is 0 Å². The van der Waals surface area contributed by atoms with Crippen LogP contribution >= 0.6 is 0 Å². The summed E-state index contributed by atoms with van der Waals surface area (Å²) in [6.45, 7) is 0. The molecule has 0 aromatic heterocycles. The average molecular weight is 845 g/mol. The molecule has 0 nitrogen and oxygen atoms in total. The summed E-state index contributed by atoms with van der Waals surface area (Å²) in [5.74, 6) is 0. The summed E-state index contributed by atoms with van der Waals surface area (Å²) in [5.41, 5.74) is 17.9. The molecule has 0 atom stereocenters. The van der Waals surface area contributed by atoms with E-state index < -0.39 is 5.41 Å². The quantitative estimate of drug-likeness (QED) is 0.123. The van der Waals surface area contributed by atoms with E-state index in [1.54, 1.807) is 0 Å². The van der Waals surface area contributed by atoms with Crippen molar-refractivity contribution in [3.05, 3.63) is 265 Å². The SMILES string of the molecule is c1ccc2c(c1)-c1ccccc1C21c2ccc3ccccc3c2-c2c1cc(-c1ccc(-c3c4ccccc4c(-c4cc5ccccc5c5ccccc45)c4ccccc34)cc1)c1ccccc21. The van der Waals surface area contributed by atoms with Crippen LogP contribution in [0.3, 0.4) is 0 Å². The number of benzene rings is 13. The fraction of sp³-hybridized carbons (Fsp3) is 0.0149. The third kappa shape index (κ3) is 4.86. The van der Waals surface area contributed by atoms with Crippen molar-refractivity contribution in [1.29, 1.82) is 0 Å². The Labute approximate surface area is 388 Å². The summed E-state index contributed by atoms with van der Waals surface area (Å²) in [4.78, 5) is 0. The predicted molar refractivity (Wildman–Crippen MR) is 284 cm³/mol. The van der Waals surface area contributed by atoms with Gasteiger partial charge in [0.15, 0.2) is 0 Å². The molecule has 15 rings (SSSR count). The lowest BCUT2D eigenvalue weighted by Crippen LogP contribution is -2.26. The van der Waals surface area contributed by atoms with Crippen molar-refractivity contribution in [3.63, 3.8) is 0 Å². The summed E-state index contributed by atoms with van der Waals surface area (Å²) >= 11 is 0. The van der Waals surface area contributed by atoms with Crippen molar-refractivity contribution in [2.45, 2.75) is 5.41 Å². The second-order valence-corrected chi connectivity index (χ2v) is 18.6. The molecule has 0 bridgehead atoms. The summed E-state index contributed by atoms with van der Waals surface area (Å²) in [6, 6.07) is 91.4.